The lowest BCUT2D eigenvalue weighted by molar-refractivity contribution is 0.189. The fourth-order valence-corrected chi connectivity index (χ4v) is 0.636. The van der Waals surface area contributed by atoms with E-state index in [4.69, 9.17) is 4.74 Å². The second-order valence-electron chi connectivity index (χ2n) is 2.53. The van der Waals surface area contributed by atoms with Crippen molar-refractivity contribution in [2.75, 3.05) is 13.7 Å². The molecule has 0 rings (SSSR count). The molecular formula is C11H26O. The smallest absolute Gasteiger partial charge is 0.0462 e. The van der Waals surface area contributed by atoms with Gasteiger partial charge in [0.15, 0.2) is 0 Å². The van der Waals surface area contributed by atoms with Crippen LogP contribution in [-0.4, -0.2) is 13.7 Å². The summed E-state index contributed by atoms with van der Waals surface area (Å²) < 4.78 is 4.89. The van der Waals surface area contributed by atoms with Gasteiger partial charge >= 0.3 is 0 Å². The van der Waals surface area contributed by atoms with Crippen LogP contribution < -0.4 is 0 Å². The van der Waals surface area contributed by atoms with Crippen LogP contribution in [0, 0.1) is 5.92 Å². The summed E-state index contributed by atoms with van der Waals surface area (Å²) >= 11 is 0. The molecule has 0 radical (unpaired) electrons. The first-order valence-corrected chi connectivity index (χ1v) is 4.76. The van der Waals surface area contributed by atoms with Crippen molar-refractivity contribution in [1.29, 1.82) is 0 Å². The Morgan fingerprint density at radius 1 is 1.17 bits per heavy atom. The maximum Gasteiger partial charge on any atom is 0.0462 e. The molecule has 0 heterocycles. The van der Waals surface area contributed by atoms with Gasteiger partial charge in [-0.3, -0.25) is 0 Å². The van der Waals surface area contributed by atoms with Crippen molar-refractivity contribution >= 4 is 0 Å². The molecule has 0 aromatic rings. The van der Waals surface area contributed by atoms with Crippen molar-refractivity contribution in [3.8, 4) is 0 Å². The molecule has 0 atom stereocenters. The third-order valence-electron chi connectivity index (χ3n) is 1.13. The number of ether oxygens (including phenoxy) is 1. The predicted molar refractivity (Wildman–Crippen MR) is 58.6 cm³/mol. The Kier molecular flexibility index (Phi) is 33.1. The first kappa shape index (κ1) is 17.7. The molecule has 0 saturated heterocycles. The van der Waals surface area contributed by atoms with E-state index in [1.807, 2.05) is 13.8 Å². The van der Waals surface area contributed by atoms with Gasteiger partial charge in [-0.05, 0) is 18.8 Å². The molecule has 12 heavy (non-hydrogen) atoms. The maximum atomic E-state index is 4.89. The van der Waals surface area contributed by atoms with E-state index in [0.29, 0.717) is 0 Å². The van der Waals surface area contributed by atoms with Gasteiger partial charge in [-0.25, -0.2) is 0 Å². The number of rotatable bonds is 4. The molecule has 0 aromatic heterocycles. The Morgan fingerprint density at radius 2 is 1.58 bits per heavy atom. The molecule has 1 heteroatoms. The summed E-state index contributed by atoms with van der Waals surface area (Å²) in [5.74, 6) is 0.824. The van der Waals surface area contributed by atoms with E-state index in [2.05, 4.69) is 27.0 Å². The van der Waals surface area contributed by atoms with Gasteiger partial charge in [0.25, 0.3) is 0 Å². The number of hydrogen-bond donors (Lipinski definition) is 0. The zero-order valence-corrected chi connectivity index (χ0v) is 9.52. The second kappa shape index (κ2) is 22.4. The van der Waals surface area contributed by atoms with Crippen LogP contribution in [0.2, 0.25) is 0 Å². The number of hydrogen-bond acceptors (Lipinski definition) is 1. The summed E-state index contributed by atoms with van der Waals surface area (Å²) in [7, 11) is 1.75. The van der Waals surface area contributed by atoms with Crippen molar-refractivity contribution in [3.05, 3.63) is 13.2 Å². The van der Waals surface area contributed by atoms with Crippen molar-refractivity contribution in [3.63, 3.8) is 0 Å². The highest BCUT2D eigenvalue weighted by atomic mass is 16.5. The summed E-state index contributed by atoms with van der Waals surface area (Å²) in [5, 5.41) is 0. The molecule has 0 aromatic carbocycles. The summed E-state index contributed by atoms with van der Waals surface area (Å²) in [5.41, 5.74) is 0. The van der Waals surface area contributed by atoms with Gasteiger partial charge in [-0.15, -0.1) is 13.2 Å². The lowest BCUT2D eigenvalue weighted by Gasteiger charge is -2.01. The molecule has 0 bridgehead atoms. The molecule has 0 aliphatic heterocycles. The third kappa shape index (κ3) is 33.2. The molecule has 0 N–H and O–H groups in total. The lowest BCUT2D eigenvalue weighted by atomic mass is 10.1. The highest BCUT2D eigenvalue weighted by Gasteiger charge is 1.90. The first-order chi connectivity index (χ1) is 5.77. The Labute approximate surface area is 78.8 Å². The largest absolute Gasteiger partial charge is 0.385 e. The van der Waals surface area contributed by atoms with E-state index >= 15 is 0 Å². The molecule has 1 nitrogen and oxygen atoms in total. The SMILES string of the molecule is C=C.CC.COCCCC(C)C. The van der Waals surface area contributed by atoms with Gasteiger partial charge in [-0.2, -0.15) is 0 Å². The monoisotopic (exact) mass is 174 g/mol. The van der Waals surface area contributed by atoms with Crippen molar-refractivity contribution < 1.29 is 4.74 Å². The molecule has 0 aliphatic carbocycles. The van der Waals surface area contributed by atoms with Gasteiger partial charge < -0.3 is 4.74 Å². The normalized spacial score (nSPS) is 7.83. The molecule has 0 fully saturated rings. The Morgan fingerprint density at radius 3 is 1.83 bits per heavy atom. The van der Waals surface area contributed by atoms with Crippen molar-refractivity contribution in [2.45, 2.75) is 40.5 Å². The van der Waals surface area contributed by atoms with Gasteiger partial charge in [0.2, 0.25) is 0 Å². The Hall–Kier alpha value is -0.300. The zero-order chi connectivity index (χ0) is 10.4. The van der Waals surface area contributed by atoms with Crippen LogP contribution in [0.1, 0.15) is 40.5 Å². The van der Waals surface area contributed by atoms with Crippen LogP contribution in [0.25, 0.3) is 0 Å². The summed E-state index contributed by atoms with van der Waals surface area (Å²) in [6.45, 7) is 15.4. The van der Waals surface area contributed by atoms with Crippen LogP contribution in [0.15, 0.2) is 13.2 Å². The van der Waals surface area contributed by atoms with Gasteiger partial charge in [0.05, 0.1) is 0 Å². The quantitative estimate of drug-likeness (QED) is 0.464. The predicted octanol–water partition coefficient (Wildman–Crippen LogP) is 3.90. The molecule has 0 unspecified atom stereocenters. The minimum atomic E-state index is 0.824. The van der Waals surface area contributed by atoms with E-state index in [1.54, 1.807) is 7.11 Å². The fraction of sp³-hybridized carbons (Fsp3) is 0.818. The molecule has 0 aliphatic rings. The van der Waals surface area contributed by atoms with Crippen LogP contribution in [0.3, 0.4) is 0 Å². The topological polar surface area (TPSA) is 9.23 Å². The van der Waals surface area contributed by atoms with E-state index in [1.165, 1.54) is 12.8 Å². The van der Waals surface area contributed by atoms with E-state index in [9.17, 15) is 0 Å². The fourth-order valence-electron chi connectivity index (χ4n) is 0.636. The Bertz CT molecular complexity index is 51.0. The molecule has 76 valence electrons. The summed E-state index contributed by atoms with van der Waals surface area (Å²) in [6.07, 6.45) is 2.49. The Balaban J connectivity index is -0.000000175. The molecule has 0 spiro atoms. The zero-order valence-electron chi connectivity index (χ0n) is 9.52. The van der Waals surface area contributed by atoms with Gasteiger partial charge in [0, 0.05) is 13.7 Å². The average Bonchev–Trinajstić information content (AvgIpc) is 2.12. The summed E-state index contributed by atoms with van der Waals surface area (Å²) in [4.78, 5) is 0. The highest BCUT2D eigenvalue weighted by Crippen LogP contribution is 2.02. The minimum Gasteiger partial charge on any atom is -0.385 e. The van der Waals surface area contributed by atoms with Crippen LogP contribution >= 0.6 is 0 Å². The van der Waals surface area contributed by atoms with Gasteiger partial charge in [-0.1, -0.05) is 27.7 Å². The lowest BCUT2D eigenvalue weighted by Crippen LogP contribution is -1.92. The molecule has 0 amide bonds. The molecule has 0 saturated carbocycles. The highest BCUT2D eigenvalue weighted by molar-refractivity contribution is 4.43. The van der Waals surface area contributed by atoms with Crippen molar-refractivity contribution in [2.24, 2.45) is 5.92 Å². The first-order valence-electron chi connectivity index (χ1n) is 4.76. The van der Waals surface area contributed by atoms with E-state index < -0.39 is 0 Å². The van der Waals surface area contributed by atoms with Gasteiger partial charge in [0.1, 0.15) is 0 Å². The average molecular weight is 174 g/mol. The standard InChI is InChI=1S/C7H16O.C2H6.C2H4/c1-7(2)5-4-6-8-3;2*1-2/h7H,4-6H2,1-3H3;1-2H3;1-2H2. The maximum absolute atomic E-state index is 4.89. The summed E-state index contributed by atoms with van der Waals surface area (Å²) in [6, 6.07) is 0. The van der Waals surface area contributed by atoms with E-state index in [-0.39, 0.29) is 0 Å². The van der Waals surface area contributed by atoms with Crippen molar-refractivity contribution in [1.82, 2.24) is 0 Å². The van der Waals surface area contributed by atoms with Crippen LogP contribution in [-0.2, 0) is 4.74 Å². The van der Waals surface area contributed by atoms with Crippen LogP contribution in [0.4, 0.5) is 0 Å². The number of methoxy groups -OCH3 is 1. The minimum absolute atomic E-state index is 0.824. The second-order valence-corrected chi connectivity index (χ2v) is 2.53. The third-order valence-corrected chi connectivity index (χ3v) is 1.13. The van der Waals surface area contributed by atoms with Crippen LogP contribution in [0.5, 0.6) is 0 Å². The van der Waals surface area contributed by atoms with E-state index in [0.717, 1.165) is 12.5 Å². The molecular weight excluding hydrogens is 148 g/mol.